The summed E-state index contributed by atoms with van der Waals surface area (Å²) in [5.74, 6) is 0.0653. The van der Waals surface area contributed by atoms with Gasteiger partial charge in [-0.2, -0.15) is 0 Å². The number of aromatic nitrogens is 1. The first-order valence-corrected chi connectivity index (χ1v) is 10.5. The lowest BCUT2D eigenvalue weighted by molar-refractivity contribution is 0.423. The van der Waals surface area contributed by atoms with E-state index in [2.05, 4.69) is 53.7 Å². The van der Waals surface area contributed by atoms with Gasteiger partial charge in [0, 0.05) is 33.3 Å². The van der Waals surface area contributed by atoms with Crippen LogP contribution in [0.5, 0.6) is 5.75 Å². The predicted octanol–water partition coefficient (Wildman–Crippen LogP) is 7.85. The number of fused-ring (bicyclic) bond motifs is 3. The smallest absolute Gasteiger partial charge is 0.125 e. The maximum atomic E-state index is 14.1. The van der Waals surface area contributed by atoms with E-state index >= 15 is 0 Å². The molecule has 1 N–H and O–H groups in total. The van der Waals surface area contributed by atoms with Gasteiger partial charge in [-0.1, -0.05) is 53.1 Å². The Labute approximate surface area is 181 Å². The lowest BCUT2D eigenvalue weighted by atomic mass is 9.77. The summed E-state index contributed by atoms with van der Waals surface area (Å²) in [4.78, 5) is 0. The molecule has 4 aromatic rings. The molecule has 0 radical (unpaired) electrons. The molecule has 0 aliphatic rings. The second-order valence-corrected chi connectivity index (χ2v) is 10.5. The average molecular weight is 424 g/mol. The van der Waals surface area contributed by atoms with E-state index in [1.807, 2.05) is 22.7 Å². The topological polar surface area (TPSA) is 24.6 Å². The fourth-order valence-corrected chi connectivity index (χ4v) is 4.32. The first kappa shape index (κ1) is 20.7. The minimum absolute atomic E-state index is 0.241. The van der Waals surface area contributed by atoms with Crippen molar-refractivity contribution in [3.63, 3.8) is 0 Å². The molecule has 4 heteroatoms. The third-order valence-corrected chi connectivity index (χ3v) is 5.91. The third-order valence-electron chi connectivity index (χ3n) is 5.68. The molecule has 0 aliphatic carbocycles. The molecular weight excluding hydrogens is 397 g/mol. The van der Waals surface area contributed by atoms with Crippen molar-refractivity contribution in [1.82, 2.24) is 4.40 Å². The van der Waals surface area contributed by atoms with Gasteiger partial charge in [0.05, 0.1) is 11.0 Å². The second-order valence-electron chi connectivity index (χ2n) is 10.1. The standard InChI is InChI=1S/C26H27ClFNO/c1-25(2,3)19-11-15(12-20(24(19)30)26(4,5)6)23-18-8-7-17(28)14-21(18)29-10-9-16(27)13-22(23)29/h7-14,30H,1-6H3. The second kappa shape index (κ2) is 6.75. The molecule has 2 heterocycles. The lowest BCUT2D eigenvalue weighted by Crippen LogP contribution is -2.17. The van der Waals surface area contributed by atoms with Crippen molar-refractivity contribution in [2.45, 2.75) is 52.4 Å². The van der Waals surface area contributed by atoms with Gasteiger partial charge < -0.3 is 9.51 Å². The van der Waals surface area contributed by atoms with Gasteiger partial charge in [-0.3, -0.25) is 0 Å². The molecule has 4 rings (SSSR count). The Hall–Kier alpha value is -2.52. The highest BCUT2D eigenvalue weighted by Gasteiger charge is 2.28. The fraction of sp³-hybridized carbons (Fsp3) is 0.308. The van der Waals surface area contributed by atoms with E-state index in [4.69, 9.17) is 11.6 Å². The summed E-state index contributed by atoms with van der Waals surface area (Å²) in [6.07, 6.45) is 1.87. The molecule has 0 fully saturated rings. The van der Waals surface area contributed by atoms with Crippen molar-refractivity contribution in [2.24, 2.45) is 0 Å². The molecule has 30 heavy (non-hydrogen) atoms. The zero-order chi connectivity index (χ0) is 22.0. The molecule has 0 atom stereocenters. The van der Waals surface area contributed by atoms with Crippen LogP contribution in [-0.2, 0) is 10.8 Å². The molecule has 0 spiro atoms. The Morgan fingerprint density at radius 1 is 0.833 bits per heavy atom. The molecule has 0 bridgehead atoms. The number of aromatic hydroxyl groups is 1. The van der Waals surface area contributed by atoms with Crippen LogP contribution in [0.1, 0.15) is 52.7 Å². The van der Waals surface area contributed by atoms with Gasteiger partial charge in [-0.15, -0.1) is 0 Å². The van der Waals surface area contributed by atoms with Gasteiger partial charge >= 0.3 is 0 Å². The van der Waals surface area contributed by atoms with E-state index in [0.29, 0.717) is 10.8 Å². The Balaban J connectivity index is 2.18. The third kappa shape index (κ3) is 3.35. The number of nitrogens with zero attached hydrogens (tertiary/aromatic N) is 1. The number of hydrogen-bond acceptors (Lipinski definition) is 1. The number of hydrogen-bond donors (Lipinski definition) is 1. The molecule has 156 valence electrons. The summed E-state index contributed by atoms with van der Waals surface area (Å²) < 4.78 is 16.0. The molecule has 2 aromatic carbocycles. The Morgan fingerprint density at radius 2 is 1.43 bits per heavy atom. The SMILES string of the molecule is CC(C)(C)c1cc(-c2c3ccc(F)cc3n3ccc(Cl)cc23)cc(C(C)(C)C)c1O. The highest BCUT2D eigenvalue weighted by atomic mass is 35.5. The Kier molecular flexibility index (Phi) is 4.66. The summed E-state index contributed by atoms with van der Waals surface area (Å²) >= 11 is 6.34. The van der Waals surface area contributed by atoms with Crippen LogP contribution < -0.4 is 0 Å². The number of phenols is 1. The van der Waals surface area contributed by atoms with E-state index in [1.165, 1.54) is 6.07 Å². The maximum absolute atomic E-state index is 14.1. The van der Waals surface area contributed by atoms with Crippen molar-refractivity contribution < 1.29 is 9.50 Å². The summed E-state index contributed by atoms with van der Waals surface area (Å²) in [5, 5.41) is 12.7. The highest BCUT2D eigenvalue weighted by molar-refractivity contribution is 6.31. The fourth-order valence-electron chi connectivity index (χ4n) is 4.16. The molecule has 2 aromatic heterocycles. The molecular formula is C26H27ClFNO. The zero-order valence-electron chi connectivity index (χ0n) is 18.3. The van der Waals surface area contributed by atoms with E-state index < -0.39 is 0 Å². The van der Waals surface area contributed by atoms with Crippen LogP contribution in [0.4, 0.5) is 4.39 Å². The van der Waals surface area contributed by atoms with E-state index in [0.717, 1.165) is 38.7 Å². The average Bonchev–Trinajstić information content (AvgIpc) is 2.92. The van der Waals surface area contributed by atoms with Crippen molar-refractivity contribution in [1.29, 1.82) is 0 Å². The number of benzene rings is 2. The van der Waals surface area contributed by atoms with Gasteiger partial charge in [-0.05, 0) is 58.9 Å². The summed E-state index contributed by atoms with van der Waals surface area (Å²) in [6, 6.07) is 12.7. The van der Waals surface area contributed by atoms with Crippen LogP contribution in [-0.4, -0.2) is 9.51 Å². The summed E-state index contributed by atoms with van der Waals surface area (Å²) in [5.41, 5.74) is 4.98. The van der Waals surface area contributed by atoms with Gasteiger partial charge in [0.1, 0.15) is 11.6 Å². The van der Waals surface area contributed by atoms with Gasteiger partial charge in [0.15, 0.2) is 0 Å². The van der Waals surface area contributed by atoms with E-state index in [9.17, 15) is 9.50 Å². The number of phenolic OH excluding ortho intramolecular Hbond substituents is 1. The Bertz CT molecular complexity index is 1250. The van der Waals surface area contributed by atoms with Crippen LogP contribution in [0, 0.1) is 5.82 Å². The van der Waals surface area contributed by atoms with Crippen LogP contribution >= 0.6 is 11.6 Å². The monoisotopic (exact) mass is 423 g/mol. The van der Waals surface area contributed by atoms with Crippen molar-refractivity contribution in [2.75, 3.05) is 0 Å². The zero-order valence-corrected chi connectivity index (χ0v) is 19.0. The summed E-state index contributed by atoms with van der Waals surface area (Å²) in [7, 11) is 0. The van der Waals surface area contributed by atoms with E-state index in [-0.39, 0.29) is 16.6 Å². The maximum Gasteiger partial charge on any atom is 0.125 e. The van der Waals surface area contributed by atoms with Crippen LogP contribution in [0.15, 0.2) is 48.7 Å². The minimum Gasteiger partial charge on any atom is -0.507 e. The molecule has 0 saturated carbocycles. The van der Waals surface area contributed by atoms with Crippen molar-refractivity contribution in [3.05, 3.63) is 70.6 Å². The first-order chi connectivity index (χ1) is 13.9. The predicted molar refractivity (Wildman–Crippen MR) is 124 cm³/mol. The molecule has 0 amide bonds. The number of rotatable bonds is 1. The molecule has 0 aliphatic heterocycles. The Morgan fingerprint density at radius 3 is 2.00 bits per heavy atom. The normalized spacial score (nSPS) is 12.8. The van der Waals surface area contributed by atoms with Gasteiger partial charge in [-0.25, -0.2) is 4.39 Å². The number of halogens is 2. The lowest BCUT2D eigenvalue weighted by Gasteiger charge is -2.28. The van der Waals surface area contributed by atoms with Gasteiger partial charge in [0.2, 0.25) is 0 Å². The minimum atomic E-state index is -0.278. The highest BCUT2D eigenvalue weighted by Crippen LogP contribution is 2.45. The van der Waals surface area contributed by atoms with E-state index in [1.54, 1.807) is 12.1 Å². The van der Waals surface area contributed by atoms with Crippen molar-refractivity contribution >= 4 is 28.0 Å². The summed E-state index contributed by atoms with van der Waals surface area (Å²) in [6.45, 7) is 12.6. The van der Waals surface area contributed by atoms with Crippen LogP contribution in [0.3, 0.4) is 0 Å². The molecule has 0 unspecified atom stereocenters. The largest absolute Gasteiger partial charge is 0.507 e. The van der Waals surface area contributed by atoms with Crippen LogP contribution in [0.25, 0.3) is 27.5 Å². The van der Waals surface area contributed by atoms with Crippen molar-refractivity contribution in [3.8, 4) is 16.9 Å². The van der Waals surface area contributed by atoms with Gasteiger partial charge in [0.25, 0.3) is 0 Å². The first-order valence-electron chi connectivity index (χ1n) is 10.1. The molecule has 0 saturated heterocycles. The number of pyridine rings is 1. The van der Waals surface area contributed by atoms with Crippen LogP contribution in [0.2, 0.25) is 5.02 Å². The molecule has 2 nitrogen and oxygen atoms in total. The quantitative estimate of drug-likeness (QED) is 0.331.